The molecule has 0 unspecified atom stereocenters. The monoisotopic (exact) mass is 256 g/mol. The number of carboxylic acids is 1. The Hall–Kier alpha value is -1.52. The van der Waals surface area contributed by atoms with Crippen LogP contribution < -0.4 is 5.32 Å². The van der Waals surface area contributed by atoms with E-state index in [0.29, 0.717) is 6.54 Å². The van der Waals surface area contributed by atoms with Crippen molar-refractivity contribution in [3.63, 3.8) is 0 Å². The van der Waals surface area contributed by atoms with Gasteiger partial charge in [0, 0.05) is 12.1 Å². The quantitative estimate of drug-likeness (QED) is 0.740. The molecular formula is C13H24N2O3. The number of aliphatic carboxylic acids is 1. The molecule has 1 atom stereocenters. The highest BCUT2D eigenvalue weighted by Gasteiger charge is 2.30. The minimum atomic E-state index is -1.02. The summed E-state index contributed by atoms with van der Waals surface area (Å²) >= 11 is 0. The standard InChI is InChI=1S/C13H24N2O3/c1-7-8-15(13(4,5)6)12(18)14-10(9(2)3)11(16)17/h7,9-10H,1,8H2,2-6H3,(H,14,18)(H,16,17)/t10-/m0/s1. The van der Waals surface area contributed by atoms with Crippen molar-refractivity contribution in [2.75, 3.05) is 6.54 Å². The topological polar surface area (TPSA) is 69.6 Å². The van der Waals surface area contributed by atoms with Gasteiger partial charge in [0.1, 0.15) is 6.04 Å². The van der Waals surface area contributed by atoms with Crippen LogP contribution in [0.5, 0.6) is 0 Å². The number of carboxylic acid groups (broad SMARTS) is 1. The predicted octanol–water partition coefficient (Wildman–Crippen LogP) is 2.09. The van der Waals surface area contributed by atoms with Gasteiger partial charge in [-0.3, -0.25) is 0 Å². The summed E-state index contributed by atoms with van der Waals surface area (Å²) in [7, 11) is 0. The van der Waals surface area contributed by atoms with E-state index in [0.717, 1.165) is 0 Å². The first kappa shape index (κ1) is 16.5. The number of nitrogens with one attached hydrogen (secondary N) is 1. The van der Waals surface area contributed by atoms with Gasteiger partial charge in [0.25, 0.3) is 0 Å². The van der Waals surface area contributed by atoms with Crippen LogP contribution in [0.25, 0.3) is 0 Å². The summed E-state index contributed by atoms with van der Waals surface area (Å²) in [6, 6.07) is -1.27. The molecular weight excluding hydrogens is 232 g/mol. The third kappa shape index (κ3) is 4.77. The van der Waals surface area contributed by atoms with Crippen LogP contribution in [0.3, 0.4) is 0 Å². The number of rotatable bonds is 5. The summed E-state index contributed by atoms with van der Waals surface area (Å²) in [5, 5.41) is 11.6. The van der Waals surface area contributed by atoms with E-state index in [1.807, 2.05) is 20.8 Å². The minimum absolute atomic E-state index is 0.169. The van der Waals surface area contributed by atoms with Crippen molar-refractivity contribution < 1.29 is 14.7 Å². The molecule has 18 heavy (non-hydrogen) atoms. The molecule has 0 rings (SSSR count). The zero-order valence-electron chi connectivity index (χ0n) is 11.9. The number of hydrogen-bond acceptors (Lipinski definition) is 2. The highest BCUT2D eigenvalue weighted by atomic mass is 16.4. The highest BCUT2D eigenvalue weighted by Crippen LogP contribution is 2.14. The zero-order chi connectivity index (χ0) is 14.5. The first-order valence-corrected chi connectivity index (χ1v) is 6.03. The number of carbonyl (C=O) groups is 2. The van der Waals surface area contributed by atoms with E-state index < -0.39 is 17.6 Å². The third-order valence-corrected chi connectivity index (χ3v) is 2.58. The molecule has 0 spiro atoms. The highest BCUT2D eigenvalue weighted by molar-refractivity contribution is 5.83. The fourth-order valence-electron chi connectivity index (χ4n) is 1.52. The van der Waals surface area contributed by atoms with Crippen molar-refractivity contribution in [1.29, 1.82) is 0 Å². The van der Waals surface area contributed by atoms with Crippen LogP contribution in [0.4, 0.5) is 4.79 Å². The lowest BCUT2D eigenvalue weighted by molar-refractivity contribution is -0.140. The molecule has 2 amide bonds. The summed E-state index contributed by atoms with van der Waals surface area (Å²) in [5.74, 6) is -1.19. The Kier molecular flexibility index (Phi) is 5.88. The van der Waals surface area contributed by atoms with Gasteiger partial charge in [-0.05, 0) is 26.7 Å². The normalized spacial score (nSPS) is 13.0. The maximum absolute atomic E-state index is 12.1. The van der Waals surface area contributed by atoms with E-state index in [1.54, 1.807) is 24.8 Å². The second kappa shape index (κ2) is 6.42. The molecule has 0 aliphatic rings. The number of urea groups is 1. The molecule has 5 nitrogen and oxygen atoms in total. The van der Waals surface area contributed by atoms with Crippen LogP contribution in [0.15, 0.2) is 12.7 Å². The van der Waals surface area contributed by atoms with Gasteiger partial charge in [0.05, 0.1) is 0 Å². The van der Waals surface area contributed by atoms with Gasteiger partial charge in [-0.2, -0.15) is 0 Å². The van der Waals surface area contributed by atoms with E-state index in [1.165, 1.54) is 0 Å². The van der Waals surface area contributed by atoms with E-state index in [4.69, 9.17) is 5.11 Å². The Morgan fingerprint density at radius 1 is 1.39 bits per heavy atom. The molecule has 0 saturated heterocycles. The van der Waals surface area contributed by atoms with Gasteiger partial charge in [0.15, 0.2) is 0 Å². The van der Waals surface area contributed by atoms with E-state index in [-0.39, 0.29) is 11.9 Å². The van der Waals surface area contributed by atoms with Gasteiger partial charge in [-0.25, -0.2) is 9.59 Å². The summed E-state index contributed by atoms with van der Waals surface area (Å²) in [6.07, 6.45) is 1.62. The second-order valence-corrected chi connectivity index (χ2v) is 5.58. The molecule has 0 aromatic heterocycles. The summed E-state index contributed by atoms with van der Waals surface area (Å²) in [5.41, 5.74) is -0.391. The predicted molar refractivity (Wildman–Crippen MR) is 71.4 cm³/mol. The Bertz CT molecular complexity index is 319. The van der Waals surface area contributed by atoms with Gasteiger partial charge in [0.2, 0.25) is 0 Å². The molecule has 0 saturated carbocycles. The van der Waals surface area contributed by atoms with Crippen LogP contribution >= 0.6 is 0 Å². The Labute approximate surface area is 109 Å². The second-order valence-electron chi connectivity index (χ2n) is 5.58. The fraction of sp³-hybridized carbons (Fsp3) is 0.692. The first-order chi connectivity index (χ1) is 8.11. The molecule has 0 aromatic rings. The number of amides is 2. The van der Waals surface area contributed by atoms with Crippen LogP contribution in [0.2, 0.25) is 0 Å². The molecule has 0 heterocycles. The number of nitrogens with zero attached hydrogens (tertiary/aromatic N) is 1. The van der Waals surface area contributed by atoms with E-state index in [9.17, 15) is 9.59 Å². The van der Waals surface area contributed by atoms with Gasteiger partial charge < -0.3 is 15.3 Å². The van der Waals surface area contributed by atoms with E-state index >= 15 is 0 Å². The van der Waals surface area contributed by atoms with Crippen LogP contribution in [-0.4, -0.2) is 40.1 Å². The lowest BCUT2D eigenvalue weighted by atomic mass is 10.0. The van der Waals surface area contributed by atoms with Gasteiger partial charge in [-0.15, -0.1) is 6.58 Å². The maximum atomic E-state index is 12.1. The summed E-state index contributed by atoms with van der Waals surface area (Å²) in [6.45, 7) is 13.2. The minimum Gasteiger partial charge on any atom is -0.480 e. The Balaban J connectivity index is 4.89. The molecule has 5 heteroatoms. The molecule has 0 radical (unpaired) electrons. The maximum Gasteiger partial charge on any atom is 0.326 e. The average Bonchev–Trinajstić information content (AvgIpc) is 2.19. The molecule has 104 valence electrons. The SMILES string of the molecule is C=CCN(C(=O)N[C@H](C(=O)O)C(C)C)C(C)(C)C. The Morgan fingerprint density at radius 3 is 2.17 bits per heavy atom. The Morgan fingerprint density at radius 2 is 1.89 bits per heavy atom. The van der Waals surface area contributed by atoms with Crippen molar-refractivity contribution in [3.05, 3.63) is 12.7 Å². The molecule has 0 aliphatic carbocycles. The number of hydrogen-bond donors (Lipinski definition) is 2. The molecule has 0 bridgehead atoms. The molecule has 0 fully saturated rings. The van der Waals surface area contributed by atoms with Gasteiger partial charge >= 0.3 is 12.0 Å². The largest absolute Gasteiger partial charge is 0.480 e. The zero-order valence-corrected chi connectivity index (χ0v) is 11.9. The number of carbonyl (C=O) groups excluding carboxylic acids is 1. The van der Waals surface area contributed by atoms with E-state index in [2.05, 4.69) is 11.9 Å². The van der Waals surface area contributed by atoms with Crippen molar-refractivity contribution in [3.8, 4) is 0 Å². The molecule has 0 aliphatic heterocycles. The molecule has 0 aromatic carbocycles. The van der Waals surface area contributed by atoms with Crippen molar-refractivity contribution in [1.82, 2.24) is 10.2 Å². The third-order valence-electron chi connectivity index (χ3n) is 2.58. The average molecular weight is 256 g/mol. The molecule has 2 N–H and O–H groups in total. The van der Waals surface area contributed by atoms with Crippen molar-refractivity contribution >= 4 is 12.0 Å². The van der Waals surface area contributed by atoms with Crippen molar-refractivity contribution in [2.24, 2.45) is 5.92 Å². The first-order valence-electron chi connectivity index (χ1n) is 6.03. The lowest BCUT2D eigenvalue weighted by Gasteiger charge is -2.36. The smallest absolute Gasteiger partial charge is 0.326 e. The van der Waals surface area contributed by atoms with Crippen molar-refractivity contribution in [2.45, 2.75) is 46.2 Å². The van der Waals surface area contributed by atoms with Crippen LogP contribution in [-0.2, 0) is 4.79 Å². The summed E-state index contributed by atoms with van der Waals surface area (Å²) < 4.78 is 0. The summed E-state index contributed by atoms with van der Waals surface area (Å²) in [4.78, 5) is 24.7. The fourth-order valence-corrected chi connectivity index (χ4v) is 1.52. The van der Waals surface area contributed by atoms with Crippen LogP contribution in [0, 0.1) is 5.92 Å². The van der Waals surface area contributed by atoms with Gasteiger partial charge in [-0.1, -0.05) is 19.9 Å². The lowest BCUT2D eigenvalue weighted by Crippen LogP contribution is -2.55. The van der Waals surface area contributed by atoms with Crippen LogP contribution in [0.1, 0.15) is 34.6 Å².